The van der Waals surface area contributed by atoms with Crippen LogP contribution in [0.15, 0.2) is 18.2 Å². The molecule has 1 aromatic rings. The van der Waals surface area contributed by atoms with Crippen molar-refractivity contribution in [3.63, 3.8) is 0 Å². The van der Waals surface area contributed by atoms with Crippen molar-refractivity contribution in [3.05, 3.63) is 35.1 Å². The third-order valence-corrected chi connectivity index (χ3v) is 5.93. The number of benzene rings is 1. The molecule has 1 aliphatic rings. The monoisotopic (exact) mass is 326 g/mol. The Morgan fingerprint density at radius 2 is 1.89 bits per heavy atom. The van der Waals surface area contributed by atoms with Gasteiger partial charge < -0.3 is 0 Å². The van der Waals surface area contributed by atoms with E-state index in [1.165, 1.54) is 37.7 Å². The van der Waals surface area contributed by atoms with Crippen LogP contribution in [0.3, 0.4) is 0 Å². The molecule has 1 saturated carbocycles. The summed E-state index contributed by atoms with van der Waals surface area (Å²) >= 11 is 3.93. The first-order chi connectivity index (χ1) is 8.94. The van der Waals surface area contributed by atoms with Gasteiger partial charge in [-0.2, -0.15) is 0 Å². The molecule has 19 heavy (non-hydrogen) atoms. The highest BCUT2D eigenvalue weighted by Gasteiger charge is 2.41. The van der Waals surface area contributed by atoms with Gasteiger partial charge in [-0.1, -0.05) is 54.8 Å². The average molecular weight is 327 g/mol. The van der Waals surface area contributed by atoms with Crippen LogP contribution in [0.1, 0.15) is 61.9 Å². The van der Waals surface area contributed by atoms with Crippen LogP contribution in [0.2, 0.25) is 0 Å². The second-order valence-electron chi connectivity index (χ2n) is 6.54. The standard InChI is InChI=1S/C17H24BrF/c1-12(2)11-17(8-4-5-9-17)16(18)14-6-7-15(19)13(3)10-14/h6-7,10,12,16H,4-5,8-9,11H2,1-3H3. The van der Waals surface area contributed by atoms with E-state index in [0.717, 1.165) is 5.56 Å². The van der Waals surface area contributed by atoms with E-state index in [4.69, 9.17) is 0 Å². The Hall–Kier alpha value is -0.370. The molecule has 106 valence electrons. The van der Waals surface area contributed by atoms with Crippen molar-refractivity contribution >= 4 is 15.9 Å². The molecule has 1 unspecified atom stereocenters. The Bertz CT molecular complexity index is 433. The van der Waals surface area contributed by atoms with E-state index in [2.05, 4.69) is 29.8 Å². The Kier molecular flexibility index (Phi) is 4.70. The van der Waals surface area contributed by atoms with Gasteiger partial charge in [0.1, 0.15) is 5.82 Å². The predicted octanol–water partition coefficient (Wildman–Crippen LogP) is 6.18. The summed E-state index contributed by atoms with van der Waals surface area (Å²) in [5.41, 5.74) is 2.35. The molecule has 0 spiro atoms. The summed E-state index contributed by atoms with van der Waals surface area (Å²) in [6.45, 7) is 6.45. The van der Waals surface area contributed by atoms with Gasteiger partial charge >= 0.3 is 0 Å². The van der Waals surface area contributed by atoms with Crippen molar-refractivity contribution in [2.75, 3.05) is 0 Å². The van der Waals surface area contributed by atoms with Gasteiger partial charge in [0, 0.05) is 4.83 Å². The van der Waals surface area contributed by atoms with E-state index in [-0.39, 0.29) is 5.82 Å². The van der Waals surface area contributed by atoms with Crippen molar-refractivity contribution < 1.29 is 4.39 Å². The van der Waals surface area contributed by atoms with E-state index >= 15 is 0 Å². The van der Waals surface area contributed by atoms with E-state index in [1.807, 2.05) is 19.1 Å². The molecule has 0 nitrogen and oxygen atoms in total. The smallest absolute Gasteiger partial charge is 0.126 e. The molecule has 0 saturated heterocycles. The van der Waals surface area contributed by atoms with Crippen LogP contribution in [-0.2, 0) is 0 Å². The highest BCUT2D eigenvalue weighted by molar-refractivity contribution is 9.09. The molecule has 0 aromatic heterocycles. The Morgan fingerprint density at radius 1 is 1.26 bits per heavy atom. The molecule has 1 aromatic carbocycles. The molecule has 2 heteroatoms. The lowest BCUT2D eigenvalue weighted by Crippen LogP contribution is -2.24. The molecule has 0 N–H and O–H groups in total. The fourth-order valence-corrected chi connectivity index (χ4v) is 4.56. The van der Waals surface area contributed by atoms with Gasteiger partial charge in [-0.3, -0.25) is 0 Å². The minimum Gasteiger partial charge on any atom is -0.207 e. The quantitative estimate of drug-likeness (QED) is 0.580. The van der Waals surface area contributed by atoms with Crippen molar-refractivity contribution in [1.29, 1.82) is 0 Å². The van der Waals surface area contributed by atoms with Crippen LogP contribution in [0, 0.1) is 24.1 Å². The van der Waals surface area contributed by atoms with E-state index in [1.54, 1.807) is 6.07 Å². The number of rotatable bonds is 4. The molecule has 0 amide bonds. The first kappa shape index (κ1) is 15.0. The number of aryl methyl sites for hydroxylation is 1. The summed E-state index contributed by atoms with van der Waals surface area (Å²) in [6, 6.07) is 5.56. The largest absolute Gasteiger partial charge is 0.207 e. The molecule has 2 rings (SSSR count). The number of hydrogen-bond donors (Lipinski definition) is 0. The number of alkyl halides is 1. The van der Waals surface area contributed by atoms with Gasteiger partial charge in [0.25, 0.3) is 0 Å². The second kappa shape index (κ2) is 5.95. The van der Waals surface area contributed by atoms with Gasteiger partial charge in [0.15, 0.2) is 0 Å². The molecule has 0 bridgehead atoms. The van der Waals surface area contributed by atoms with Gasteiger partial charge in [0.2, 0.25) is 0 Å². The van der Waals surface area contributed by atoms with Crippen molar-refractivity contribution in [3.8, 4) is 0 Å². The zero-order chi connectivity index (χ0) is 14.0. The highest BCUT2D eigenvalue weighted by atomic mass is 79.9. The van der Waals surface area contributed by atoms with Crippen LogP contribution in [-0.4, -0.2) is 0 Å². The topological polar surface area (TPSA) is 0 Å². The van der Waals surface area contributed by atoms with Crippen LogP contribution in [0.5, 0.6) is 0 Å². The van der Waals surface area contributed by atoms with Crippen LogP contribution in [0.25, 0.3) is 0 Å². The van der Waals surface area contributed by atoms with Gasteiger partial charge in [0.05, 0.1) is 0 Å². The number of hydrogen-bond acceptors (Lipinski definition) is 0. The summed E-state index contributed by atoms with van der Waals surface area (Å²) in [5.74, 6) is 0.604. The zero-order valence-corrected chi connectivity index (χ0v) is 13.8. The lowest BCUT2D eigenvalue weighted by atomic mass is 9.74. The predicted molar refractivity (Wildman–Crippen MR) is 83.2 cm³/mol. The van der Waals surface area contributed by atoms with Gasteiger partial charge in [-0.15, -0.1) is 0 Å². The van der Waals surface area contributed by atoms with Crippen LogP contribution >= 0.6 is 15.9 Å². The van der Waals surface area contributed by atoms with Gasteiger partial charge in [-0.05, 0) is 54.7 Å². The lowest BCUT2D eigenvalue weighted by Gasteiger charge is -2.36. The van der Waals surface area contributed by atoms with E-state index < -0.39 is 0 Å². The summed E-state index contributed by atoms with van der Waals surface area (Å²) < 4.78 is 13.4. The maximum Gasteiger partial charge on any atom is 0.126 e. The summed E-state index contributed by atoms with van der Waals surface area (Å²) in [4.78, 5) is 0.351. The highest BCUT2D eigenvalue weighted by Crippen LogP contribution is 2.55. The maximum atomic E-state index is 13.4. The molecular formula is C17H24BrF. The Labute approximate surface area is 124 Å². The average Bonchev–Trinajstić information content (AvgIpc) is 2.80. The van der Waals surface area contributed by atoms with E-state index in [9.17, 15) is 4.39 Å². The fourth-order valence-electron chi connectivity index (χ4n) is 3.63. The fraction of sp³-hybridized carbons (Fsp3) is 0.647. The molecule has 0 aliphatic heterocycles. The normalized spacial score (nSPS) is 19.9. The third-order valence-electron chi connectivity index (χ3n) is 4.43. The molecule has 0 heterocycles. The molecule has 1 atom stereocenters. The Balaban J connectivity index is 2.28. The first-order valence-electron chi connectivity index (χ1n) is 7.35. The molecule has 1 aliphatic carbocycles. The molecule has 0 radical (unpaired) electrons. The summed E-state index contributed by atoms with van der Waals surface area (Å²) in [7, 11) is 0. The lowest BCUT2D eigenvalue weighted by molar-refractivity contribution is 0.230. The molecule has 1 fully saturated rings. The number of halogens is 2. The van der Waals surface area contributed by atoms with Crippen molar-refractivity contribution in [2.45, 2.75) is 57.7 Å². The van der Waals surface area contributed by atoms with E-state index in [0.29, 0.717) is 16.2 Å². The minimum atomic E-state index is -0.104. The zero-order valence-electron chi connectivity index (χ0n) is 12.2. The first-order valence-corrected chi connectivity index (χ1v) is 8.26. The maximum absolute atomic E-state index is 13.4. The summed E-state index contributed by atoms with van der Waals surface area (Å²) in [6.07, 6.45) is 6.48. The van der Waals surface area contributed by atoms with Gasteiger partial charge in [-0.25, -0.2) is 4.39 Å². The minimum absolute atomic E-state index is 0.104. The summed E-state index contributed by atoms with van der Waals surface area (Å²) in [5, 5.41) is 0. The van der Waals surface area contributed by atoms with Crippen molar-refractivity contribution in [1.82, 2.24) is 0 Å². The third kappa shape index (κ3) is 3.21. The second-order valence-corrected chi connectivity index (χ2v) is 7.45. The van der Waals surface area contributed by atoms with Crippen molar-refractivity contribution in [2.24, 2.45) is 11.3 Å². The van der Waals surface area contributed by atoms with Crippen LogP contribution in [0.4, 0.5) is 4.39 Å². The SMILES string of the molecule is Cc1cc(C(Br)C2(CC(C)C)CCCC2)ccc1F. The molecular weight excluding hydrogens is 303 g/mol. The van der Waals surface area contributed by atoms with Crippen LogP contribution < -0.4 is 0 Å². The Morgan fingerprint density at radius 3 is 2.42 bits per heavy atom.